The molecule has 0 atom stereocenters. The Balaban J connectivity index is 2.94. The minimum absolute atomic E-state index is 0.128. The van der Waals surface area contributed by atoms with Gasteiger partial charge in [-0.25, -0.2) is 22.3 Å². The van der Waals surface area contributed by atoms with Crippen molar-refractivity contribution in [3.8, 4) is 0 Å². The number of sulfonamides is 1. The molecular weight excluding hydrogens is 228 g/mol. The summed E-state index contributed by atoms with van der Waals surface area (Å²) in [5.41, 5.74) is 0. The van der Waals surface area contributed by atoms with Crippen molar-refractivity contribution in [3.63, 3.8) is 0 Å². The van der Waals surface area contributed by atoms with Crippen LogP contribution < -0.4 is 0 Å². The van der Waals surface area contributed by atoms with Gasteiger partial charge in [0.2, 0.25) is 10.0 Å². The van der Waals surface area contributed by atoms with Gasteiger partial charge in [0.15, 0.2) is 0 Å². The van der Waals surface area contributed by atoms with E-state index in [4.69, 9.17) is 0 Å². The molecule has 0 unspecified atom stereocenters. The molecular formula is C6H8N2O6S. The number of carbonyl (C=O) groups is 3. The second kappa shape index (κ2) is 3.50. The Hall–Kier alpha value is -1.64. The van der Waals surface area contributed by atoms with Gasteiger partial charge < -0.3 is 4.84 Å². The van der Waals surface area contributed by atoms with E-state index in [1.54, 1.807) is 0 Å². The van der Waals surface area contributed by atoms with Crippen molar-refractivity contribution in [2.75, 3.05) is 12.8 Å². The maximum atomic E-state index is 11.3. The standard InChI is InChI=1S/C6H8N2O6S/c1-4(9)14-8-5(10)3-7(6(8)11)15(2,12)13/h3H2,1-2H3. The third kappa shape index (κ3) is 2.24. The topological polar surface area (TPSA) is 101 Å². The lowest BCUT2D eigenvalue weighted by Crippen LogP contribution is -2.36. The van der Waals surface area contributed by atoms with E-state index >= 15 is 0 Å². The lowest BCUT2D eigenvalue weighted by atomic mass is 10.6. The summed E-state index contributed by atoms with van der Waals surface area (Å²) in [5.74, 6) is -1.78. The molecule has 1 fully saturated rings. The van der Waals surface area contributed by atoms with E-state index < -0.39 is 34.5 Å². The summed E-state index contributed by atoms with van der Waals surface area (Å²) < 4.78 is 22.3. The zero-order valence-corrected chi connectivity index (χ0v) is 8.78. The number of imide groups is 1. The first-order valence-corrected chi connectivity index (χ1v) is 5.61. The molecule has 1 aliphatic rings. The smallest absolute Gasteiger partial charge is 0.329 e. The van der Waals surface area contributed by atoms with Crippen LogP contribution in [0.4, 0.5) is 4.79 Å². The molecule has 84 valence electrons. The normalized spacial score (nSPS) is 17.2. The van der Waals surface area contributed by atoms with Crippen LogP contribution in [-0.4, -0.2) is 48.5 Å². The number of amides is 3. The van der Waals surface area contributed by atoms with Gasteiger partial charge in [0.25, 0.3) is 5.91 Å². The van der Waals surface area contributed by atoms with Crippen LogP contribution in [0, 0.1) is 0 Å². The molecule has 0 saturated carbocycles. The summed E-state index contributed by atoms with van der Waals surface area (Å²) in [6.07, 6.45) is 0.773. The molecule has 0 aromatic rings. The van der Waals surface area contributed by atoms with Gasteiger partial charge >= 0.3 is 12.0 Å². The summed E-state index contributed by atoms with van der Waals surface area (Å²) in [7, 11) is -3.82. The highest BCUT2D eigenvalue weighted by atomic mass is 32.2. The maximum absolute atomic E-state index is 11.3. The fraction of sp³-hybridized carbons (Fsp3) is 0.500. The van der Waals surface area contributed by atoms with Crippen molar-refractivity contribution < 1.29 is 27.6 Å². The van der Waals surface area contributed by atoms with Gasteiger partial charge in [-0.05, 0) is 0 Å². The van der Waals surface area contributed by atoms with Crippen molar-refractivity contribution in [2.24, 2.45) is 0 Å². The molecule has 3 amide bonds. The van der Waals surface area contributed by atoms with Crippen LogP contribution in [0.15, 0.2) is 0 Å². The highest BCUT2D eigenvalue weighted by molar-refractivity contribution is 7.88. The summed E-state index contributed by atoms with van der Waals surface area (Å²) in [4.78, 5) is 37.1. The highest BCUT2D eigenvalue weighted by Gasteiger charge is 2.43. The summed E-state index contributed by atoms with van der Waals surface area (Å²) in [6, 6.07) is -1.18. The van der Waals surface area contributed by atoms with Crippen LogP contribution in [-0.2, 0) is 24.4 Å². The Bertz CT molecular complexity index is 427. The largest absolute Gasteiger partial charge is 0.375 e. The molecule has 8 nitrogen and oxygen atoms in total. The van der Waals surface area contributed by atoms with Gasteiger partial charge in [-0.15, -0.1) is 0 Å². The van der Waals surface area contributed by atoms with Gasteiger partial charge in [-0.3, -0.25) is 4.79 Å². The average Bonchev–Trinajstić information content (AvgIpc) is 2.30. The third-order valence-corrected chi connectivity index (χ3v) is 2.60. The van der Waals surface area contributed by atoms with Crippen LogP contribution in [0.2, 0.25) is 0 Å². The second-order valence-electron chi connectivity index (χ2n) is 2.82. The summed E-state index contributed by atoms with van der Waals surface area (Å²) >= 11 is 0. The zero-order chi connectivity index (χ0) is 11.8. The Morgan fingerprint density at radius 3 is 2.27 bits per heavy atom. The van der Waals surface area contributed by atoms with E-state index in [-0.39, 0.29) is 5.06 Å². The quantitative estimate of drug-likeness (QED) is 0.551. The number of hydrogen-bond acceptors (Lipinski definition) is 6. The number of urea groups is 1. The third-order valence-electron chi connectivity index (χ3n) is 1.51. The fourth-order valence-corrected chi connectivity index (χ4v) is 1.64. The minimum atomic E-state index is -3.82. The predicted octanol–water partition coefficient (Wildman–Crippen LogP) is -1.31. The Labute approximate surface area is 85.4 Å². The number of hydroxylamine groups is 2. The lowest BCUT2D eigenvalue weighted by Gasteiger charge is -2.12. The Morgan fingerprint density at radius 2 is 1.93 bits per heavy atom. The van der Waals surface area contributed by atoms with E-state index in [1.165, 1.54) is 0 Å². The van der Waals surface area contributed by atoms with E-state index in [0.717, 1.165) is 13.2 Å². The molecule has 0 radical (unpaired) electrons. The monoisotopic (exact) mass is 236 g/mol. The van der Waals surface area contributed by atoms with E-state index in [2.05, 4.69) is 4.84 Å². The number of hydrogen-bond donors (Lipinski definition) is 0. The van der Waals surface area contributed by atoms with Gasteiger partial charge in [-0.1, -0.05) is 5.06 Å². The Morgan fingerprint density at radius 1 is 1.40 bits per heavy atom. The zero-order valence-electron chi connectivity index (χ0n) is 7.96. The SMILES string of the molecule is CC(=O)ON1C(=O)CN(S(C)(=O)=O)C1=O. The molecule has 0 N–H and O–H groups in total. The van der Waals surface area contributed by atoms with E-state index in [9.17, 15) is 22.8 Å². The molecule has 1 rings (SSSR count). The fourth-order valence-electron chi connectivity index (χ4n) is 0.940. The molecule has 1 saturated heterocycles. The van der Waals surface area contributed by atoms with Crippen molar-refractivity contribution in [3.05, 3.63) is 0 Å². The molecule has 0 aliphatic carbocycles. The van der Waals surface area contributed by atoms with Crippen LogP contribution >= 0.6 is 0 Å². The number of rotatable bonds is 2. The molecule has 15 heavy (non-hydrogen) atoms. The highest BCUT2D eigenvalue weighted by Crippen LogP contribution is 2.14. The first-order valence-electron chi connectivity index (χ1n) is 3.76. The molecule has 0 spiro atoms. The van der Waals surface area contributed by atoms with Crippen LogP contribution in [0.3, 0.4) is 0 Å². The average molecular weight is 236 g/mol. The summed E-state index contributed by atoms with van der Waals surface area (Å²) in [6.45, 7) is 0.342. The van der Waals surface area contributed by atoms with E-state index in [0.29, 0.717) is 4.31 Å². The molecule has 0 aromatic carbocycles. The molecule has 1 heterocycles. The van der Waals surface area contributed by atoms with Crippen molar-refractivity contribution in [1.82, 2.24) is 9.37 Å². The molecule has 0 bridgehead atoms. The predicted molar refractivity (Wildman–Crippen MR) is 45.6 cm³/mol. The van der Waals surface area contributed by atoms with Gasteiger partial charge in [0.05, 0.1) is 6.26 Å². The van der Waals surface area contributed by atoms with Crippen LogP contribution in [0.1, 0.15) is 6.92 Å². The van der Waals surface area contributed by atoms with Crippen molar-refractivity contribution in [2.45, 2.75) is 6.92 Å². The van der Waals surface area contributed by atoms with Crippen molar-refractivity contribution in [1.29, 1.82) is 0 Å². The second-order valence-corrected chi connectivity index (χ2v) is 4.73. The van der Waals surface area contributed by atoms with Gasteiger partial charge in [0, 0.05) is 6.92 Å². The molecule has 9 heteroatoms. The maximum Gasteiger partial charge on any atom is 0.375 e. The summed E-state index contributed by atoms with van der Waals surface area (Å²) in [5, 5.41) is 0.128. The van der Waals surface area contributed by atoms with Crippen LogP contribution in [0.5, 0.6) is 0 Å². The molecule has 0 aromatic heterocycles. The van der Waals surface area contributed by atoms with Gasteiger partial charge in [0.1, 0.15) is 6.54 Å². The lowest BCUT2D eigenvalue weighted by molar-refractivity contribution is -0.180. The van der Waals surface area contributed by atoms with Gasteiger partial charge in [-0.2, -0.15) is 0 Å². The van der Waals surface area contributed by atoms with E-state index in [1.807, 2.05) is 0 Å². The first kappa shape index (κ1) is 11.4. The Kier molecular flexibility index (Phi) is 2.67. The number of carbonyl (C=O) groups excluding carboxylic acids is 3. The molecule has 1 aliphatic heterocycles. The number of nitrogens with zero attached hydrogens (tertiary/aromatic N) is 2. The van der Waals surface area contributed by atoms with Crippen molar-refractivity contribution >= 4 is 27.9 Å². The minimum Gasteiger partial charge on any atom is -0.329 e. The van der Waals surface area contributed by atoms with Crippen LogP contribution in [0.25, 0.3) is 0 Å². The first-order chi connectivity index (χ1) is 6.73.